The minimum Gasteiger partial charge on any atom is -0.365 e. The van der Waals surface area contributed by atoms with E-state index in [4.69, 9.17) is 5.73 Å². The Morgan fingerprint density at radius 1 is 1.11 bits per heavy atom. The van der Waals surface area contributed by atoms with Crippen LogP contribution in [0.3, 0.4) is 0 Å². The number of para-hydroxylation sites is 1. The average molecular weight is 378 g/mol. The second-order valence-corrected chi connectivity index (χ2v) is 6.91. The smallest absolute Gasteiger partial charge is 0.261 e. The molecule has 0 bridgehead atoms. The van der Waals surface area contributed by atoms with Gasteiger partial charge in [-0.1, -0.05) is 12.1 Å². The lowest BCUT2D eigenvalue weighted by atomic mass is 10.2. The van der Waals surface area contributed by atoms with Crippen LogP contribution in [0.4, 0.5) is 5.82 Å². The second-order valence-electron chi connectivity index (χ2n) is 6.91. The van der Waals surface area contributed by atoms with E-state index in [0.717, 1.165) is 37.5 Å². The molecule has 1 aliphatic heterocycles. The van der Waals surface area contributed by atoms with E-state index in [0.29, 0.717) is 23.3 Å². The largest absolute Gasteiger partial charge is 0.365 e. The van der Waals surface area contributed by atoms with Gasteiger partial charge in [-0.25, -0.2) is 9.97 Å². The quantitative estimate of drug-likeness (QED) is 0.720. The number of anilines is 1. The number of amides is 1. The fourth-order valence-corrected chi connectivity index (χ4v) is 3.56. The molecule has 2 N–H and O–H groups in total. The van der Waals surface area contributed by atoms with Crippen molar-refractivity contribution in [1.82, 2.24) is 19.4 Å². The Balaban J connectivity index is 1.50. The highest BCUT2D eigenvalue weighted by atomic mass is 16.1. The summed E-state index contributed by atoms with van der Waals surface area (Å²) in [6.45, 7) is 3.59. The number of carbonyl (C=O) groups is 1. The number of carbonyl (C=O) groups excluding carboxylic acids is 1. The normalized spacial score (nSPS) is 15.1. The number of hydrogen-bond donors (Lipinski definition) is 1. The number of pyridine rings is 1. The Kier molecular flexibility index (Phi) is 4.79. The van der Waals surface area contributed by atoms with Crippen LogP contribution in [0.2, 0.25) is 0 Å². The van der Waals surface area contributed by atoms with Gasteiger partial charge in [0.05, 0.1) is 23.0 Å². The lowest BCUT2D eigenvalue weighted by Gasteiger charge is -2.35. The van der Waals surface area contributed by atoms with E-state index in [1.807, 2.05) is 18.2 Å². The lowest BCUT2D eigenvalue weighted by molar-refractivity contribution is 0.1000. The van der Waals surface area contributed by atoms with Crippen LogP contribution in [0, 0.1) is 0 Å². The molecule has 2 aromatic heterocycles. The Morgan fingerprint density at radius 3 is 2.61 bits per heavy atom. The Labute approximate surface area is 162 Å². The monoisotopic (exact) mass is 378 g/mol. The van der Waals surface area contributed by atoms with Crippen LogP contribution in [-0.2, 0) is 13.6 Å². The zero-order chi connectivity index (χ0) is 19.7. The summed E-state index contributed by atoms with van der Waals surface area (Å²) in [6, 6.07) is 10.8. The van der Waals surface area contributed by atoms with Gasteiger partial charge in [-0.05, 0) is 24.3 Å². The molecule has 3 aromatic rings. The van der Waals surface area contributed by atoms with Gasteiger partial charge in [0, 0.05) is 39.4 Å². The van der Waals surface area contributed by atoms with Crippen LogP contribution < -0.4 is 16.2 Å². The van der Waals surface area contributed by atoms with E-state index in [1.54, 1.807) is 36.0 Å². The molecule has 8 heteroatoms. The predicted octanol–water partition coefficient (Wildman–Crippen LogP) is 0.750. The number of nitrogens with zero attached hydrogens (tertiary/aromatic N) is 5. The minimum absolute atomic E-state index is 0.0289. The maximum absolute atomic E-state index is 12.6. The zero-order valence-electron chi connectivity index (χ0n) is 15.7. The number of primary amides is 1. The molecule has 144 valence electrons. The maximum atomic E-state index is 12.6. The molecule has 3 heterocycles. The predicted molar refractivity (Wildman–Crippen MR) is 107 cm³/mol. The molecule has 1 aliphatic rings. The van der Waals surface area contributed by atoms with E-state index in [-0.39, 0.29) is 5.56 Å². The standard InChI is InChI=1S/C20H22N6O2/c1-24-17(23-16-7-3-2-5-14(16)20(24)28)13-25-9-11-26(12-10-25)19-15(18(21)27)6-4-8-22-19/h2-8H,9-13H2,1H3,(H2,21,27). The van der Waals surface area contributed by atoms with E-state index in [9.17, 15) is 9.59 Å². The van der Waals surface area contributed by atoms with Crippen LogP contribution in [0.1, 0.15) is 16.2 Å². The van der Waals surface area contributed by atoms with E-state index in [1.165, 1.54) is 0 Å². The molecule has 1 saturated heterocycles. The molecule has 4 rings (SSSR count). The first-order valence-electron chi connectivity index (χ1n) is 9.21. The van der Waals surface area contributed by atoms with Gasteiger partial charge in [0.15, 0.2) is 0 Å². The molecule has 1 aromatic carbocycles. The molecule has 0 saturated carbocycles. The Bertz CT molecular complexity index is 1090. The van der Waals surface area contributed by atoms with Crippen LogP contribution in [0.5, 0.6) is 0 Å². The molecular weight excluding hydrogens is 356 g/mol. The maximum Gasteiger partial charge on any atom is 0.261 e. The van der Waals surface area contributed by atoms with Gasteiger partial charge in [-0.2, -0.15) is 0 Å². The molecular formula is C20H22N6O2. The third-order valence-electron chi connectivity index (χ3n) is 5.16. The third-order valence-corrected chi connectivity index (χ3v) is 5.16. The van der Waals surface area contributed by atoms with Crippen molar-refractivity contribution in [1.29, 1.82) is 0 Å². The second kappa shape index (κ2) is 7.40. The van der Waals surface area contributed by atoms with Crippen LogP contribution >= 0.6 is 0 Å². The van der Waals surface area contributed by atoms with E-state index in [2.05, 4.69) is 19.8 Å². The highest BCUT2D eigenvalue weighted by Gasteiger charge is 2.22. The van der Waals surface area contributed by atoms with Gasteiger partial charge in [0.25, 0.3) is 11.5 Å². The summed E-state index contributed by atoms with van der Waals surface area (Å²) >= 11 is 0. The first kappa shape index (κ1) is 18.1. The van der Waals surface area contributed by atoms with Gasteiger partial charge in [-0.3, -0.25) is 19.1 Å². The molecule has 0 aliphatic carbocycles. The summed E-state index contributed by atoms with van der Waals surface area (Å²) in [5.74, 6) is 0.902. The molecule has 0 atom stereocenters. The highest BCUT2D eigenvalue weighted by Crippen LogP contribution is 2.19. The number of hydrogen-bond acceptors (Lipinski definition) is 6. The number of aromatic nitrogens is 3. The van der Waals surface area contributed by atoms with Crippen molar-refractivity contribution in [3.63, 3.8) is 0 Å². The molecule has 0 radical (unpaired) electrons. The summed E-state index contributed by atoms with van der Waals surface area (Å²) in [5, 5.41) is 0.632. The van der Waals surface area contributed by atoms with Gasteiger partial charge in [0.2, 0.25) is 0 Å². The Morgan fingerprint density at radius 2 is 1.86 bits per heavy atom. The SMILES string of the molecule is Cn1c(CN2CCN(c3ncccc3C(N)=O)CC2)nc2ccccc2c1=O. The Hall–Kier alpha value is -3.26. The number of nitrogens with two attached hydrogens (primary N) is 1. The molecule has 1 fully saturated rings. The number of fused-ring (bicyclic) bond motifs is 1. The van der Waals surface area contributed by atoms with Crippen LogP contribution in [0.15, 0.2) is 47.4 Å². The summed E-state index contributed by atoms with van der Waals surface area (Å²) in [7, 11) is 1.76. The lowest BCUT2D eigenvalue weighted by Crippen LogP contribution is -2.47. The summed E-state index contributed by atoms with van der Waals surface area (Å²) in [5.41, 5.74) is 6.60. The molecule has 8 nitrogen and oxygen atoms in total. The first-order chi connectivity index (χ1) is 13.5. The first-order valence-corrected chi connectivity index (χ1v) is 9.21. The minimum atomic E-state index is -0.471. The van der Waals surface area contributed by atoms with Crippen molar-refractivity contribution in [2.45, 2.75) is 6.54 Å². The summed E-state index contributed by atoms with van der Waals surface area (Å²) in [4.78, 5) is 37.6. The zero-order valence-corrected chi connectivity index (χ0v) is 15.7. The van der Waals surface area contributed by atoms with Crippen molar-refractivity contribution < 1.29 is 4.79 Å². The number of rotatable bonds is 4. The fourth-order valence-electron chi connectivity index (χ4n) is 3.56. The average Bonchev–Trinajstić information content (AvgIpc) is 2.72. The van der Waals surface area contributed by atoms with Crippen LogP contribution in [-0.4, -0.2) is 51.5 Å². The van der Waals surface area contributed by atoms with Gasteiger partial charge < -0.3 is 10.6 Å². The summed E-state index contributed by atoms with van der Waals surface area (Å²) in [6.07, 6.45) is 1.67. The molecule has 1 amide bonds. The molecule has 0 spiro atoms. The van der Waals surface area contributed by atoms with E-state index < -0.39 is 5.91 Å². The third kappa shape index (κ3) is 3.34. The number of benzene rings is 1. The highest BCUT2D eigenvalue weighted by molar-refractivity contribution is 5.97. The van der Waals surface area contributed by atoms with Crippen molar-refractivity contribution >= 4 is 22.6 Å². The number of piperazine rings is 1. The fraction of sp³-hybridized carbons (Fsp3) is 0.300. The topological polar surface area (TPSA) is 97.3 Å². The van der Waals surface area contributed by atoms with E-state index >= 15 is 0 Å². The molecule has 0 unspecified atom stereocenters. The van der Waals surface area contributed by atoms with Crippen LogP contribution in [0.25, 0.3) is 10.9 Å². The van der Waals surface area contributed by atoms with Crippen molar-refractivity contribution in [3.05, 3.63) is 64.3 Å². The van der Waals surface area contributed by atoms with Crippen molar-refractivity contribution in [3.8, 4) is 0 Å². The van der Waals surface area contributed by atoms with Gasteiger partial charge in [-0.15, -0.1) is 0 Å². The summed E-state index contributed by atoms with van der Waals surface area (Å²) < 4.78 is 1.62. The van der Waals surface area contributed by atoms with Gasteiger partial charge >= 0.3 is 0 Å². The van der Waals surface area contributed by atoms with Gasteiger partial charge in [0.1, 0.15) is 11.6 Å². The van der Waals surface area contributed by atoms with Crippen molar-refractivity contribution in [2.75, 3.05) is 31.1 Å². The van der Waals surface area contributed by atoms with Crippen molar-refractivity contribution in [2.24, 2.45) is 12.8 Å². The molecule has 28 heavy (non-hydrogen) atoms.